The molecule has 0 spiro atoms. The van der Waals surface area contributed by atoms with Gasteiger partial charge in [0, 0.05) is 24.1 Å². The summed E-state index contributed by atoms with van der Waals surface area (Å²) in [6.45, 7) is 2.09. The molecule has 118 valence electrons. The highest BCUT2D eigenvalue weighted by Crippen LogP contribution is 2.28. The number of likely N-dealkylation sites (N-methyl/N-ethyl adjacent to an activating group) is 1. The van der Waals surface area contributed by atoms with Gasteiger partial charge in [-0.3, -0.25) is 9.59 Å². The first-order valence-corrected chi connectivity index (χ1v) is 8.76. The van der Waals surface area contributed by atoms with E-state index >= 15 is 0 Å². The normalized spacial score (nSPS) is 13.3. The minimum atomic E-state index is 0.0820. The lowest BCUT2D eigenvalue weighted by Crippen LogP contribution is -2.20. The van der Waals surface area contributed by atoms with E-state index in [-0.39, 0.29) is 11.7 Å². The third kappa shape index (κ3) is 3.32. The van der Waals surface area contributed by atoms with Crippen LogP contribution < -0.4 is 4.90 Å². The van der Waals surface area contributed by atoms with Crippen molar-refractivity contribution in [3.05, 3.63) is 64.7 Å². The van der Waals surface area contributed by atoms with Gasteiger partial charge in [0.1, 0.15) is 0 Å². The molecule has 23 heavy (non-hydrogen) atoms. The van der Waals surface area contributed by atoms with Crippen molar-refractivity contribution in [1.82, 2.24) is 0 Å². The van der Waals surface area contributed by atoms with Gasteiger partial charge in [0.2, 0.25) is 5.91 Å². The van der Waals surface area contributed by atoms with Crippen molar-refractivity contribution >= 4 is 29.1 Å². The van der Waals surface area contributed by atoms with Gasteiger partial charge in [0.05, 0.1) is 12.2 Å². The molecule has 0 radical (unpaired) electrons. The minimum absolute atomic E-state index is 0.0820. The first-order chi connectivity index (χ1) is 11.1. The zero-order valence-electron chi connectivity index (χ0n) is 13.3. The van der Waals surface area contributed by atoms with Gasteiger partial charge in [-0.15, -0.1) is 11.8 Å². The molecule has 2 aromatic carbocycles. The van der Waals surface area contributed by atoms with Gasteiger partial charge in [-0.1, -0.05) is 24.3 Å². The van der Waals surface area contributed by atoms with E-state index in [9.17, 15) is 9.59 Å². The van der Waals surface area contributed by atoms with Gasteiger partial charge in [0.15, 0.2) is 5.78 Å². The molecule has 0 bridgehead atoms. The Hall–Kier alpha value is -2.07. The number of fused-ring (bicyclic) bond motifs is 1. The maximum Gasteiger partial charge on any atom is 0.231 e. The van der Waals surface area contributed by atoms with Gasteiger partial charge in [-0.05, 0) is 41.8 Å². The minimum Gasteiger partial charge on any atom is -0.315 e. The van der Waals surface area contributed by atoms with Crippen molar-refractivity contribution in [3.63, 3.8) is 0 Å². The summed E-state index contributed by atoms with van der Waals surface area (Å²) in [5.74, 6) is 1.49. The maximum atomic E-state index is 12.4. The van der Waals surface area contributed by atoms with Crippen LogP contribution in [0.15, 0.2) is 42.5 Å². The van der Waals surface area contributed by atoms with E-state index in [0.29, 0.717) is 17.7 Å². The molecule has 1 aliphatic rings. The number of carbonyl (C=O) groups excluding carboxylic acids is 2. The monoisotopic (exact) mass is 325 g/mol. The number of benzene rings is 2. The number of rotatable bonds is 5. The number of anilines is 1. The molecule has 0 unspecified atom stereocenters. The van der Waals surface area contributed by atoms with Crippen molar-refractivity contribution < 1.29 is 9.59 Å². The second-order valence-corrected chi connectivity index (χ2v) is 6.80. The van der Waals surface area contributed by atoms with E-state index in [4.69, 9.17) is 0 Å². The highest BCUT2D eigenvalue weighted by atomic mass is 32.2. The van der Waals surface area contributed by atoms with E-state index in [1.807, 2.05) is 30.3 Å². The molecule has 1 aliphatic heterocycles. The van der Waals surface area contributed by atoms with Crippen LogP contribution in [0.4, 0.5) is 5.69 Å². The Balaban J connectivity index is 1.62. The molecule has 1 amide bonds. The first kappa shape index (κ1) is 15.8. The van der Waals surface area contributed by atoms with Crippen LogP contribution in [0.1, 0.15) is 27.0 Å². The van der Waals surface area contributed by atoms with Crippen LogP contribution in [-0.4, -0.2) is 24.5 Å². The number of Topliss-reactive ketones (excluding diaryl/α,β-unsaturated/α-hetero) is 1. The lowest BCUT2D eigenvalue weighted by atomic mass is 10.1. The van der Waals surface area contributed by atoms with Crippen LogP contribution in [0.25, 0.3) is 0 Å². The number of thioether (sulfide) groups is 1. The Morgan fingerprint density at radius 2 is 2.00 bits per heavy atom. The number of hydrogen-bond donors (Lipinski definition) is 0. The average molecular weight is 325 g/mol. The Morgan fingerprint density at radius 1 is 1.22 bits per heavy atom. The quantitative estimate of drug-likeness (QED) is 0.788. The Labute approximate surface area is 140 Å². The molecule has 4 heteroatoms. The number of nitrogens with zero attached hydrogens (tertiary/aromatic N) is 1. The molecule has 2 aromatic rings. The zero-order chi connectivity index (χ0) is 16.4. The Morgan fingerprint density at radius 3 is 2.78 bits per heavy atom. The lowest BCUT2D eigenvalue weighted by molar-refractivity contribution is -0.117. The fourth-order valence-corrected chi connectivity index (χ4v) is 3.75. The number of aryl methyl sites for hydroxylation is 1. The molecule has 0 N–H and O–H groups in total. The zero-order valence-corrected chi connectivity index (χ0v) is 14.2. The van der Waals surface area contributed by atoms with Crippen molar-refractivity contribution in [1.29, 1.82) is 0 Å². The molecule has 0 aromatic heterocycles. The van der Waals surface area contributed by atoms with Crippen molar-refractivity contribution in [2.45, 2.75) is 19.1 Å². The number of hydrogen-bond acceptors (Lipinski definition) is 3. The van der Waals surface area contributed by atoms with Gasteiger partial charge in [0.25, 0.3) is 0 Å². The summed E-state index contributed by atoms with van der Waals surface area (Å²) >= 11 is 1.63. The van der Waals surface area contributed by atoms with Crippen LogP contribution >= 0.6 is 11.8 Å². The summed E-state index contributed by atoms with van der Waals surface area (Å²) in [6, 6.07) is 13.8. The topological polar surface area (TPSA) is 37.4 Å². The maximum absolute atomic E-state index is 12.4. The summed E-state index contributed by atoms with van der Waals surface area (Å²) in [5, 5.41) is 0. The molecule has 0 saturated carbocycles. The summed E-state index contributed by atoms with van der Waals surface area (Å²) in [7, 11) is 1.77. The highest BCUT2D eigenvalue weighted by molar-refractivity contribution is 7.99. The molecular formula is C19H19NO2S. The van der Waals surface area contributed by atoms with E-state index in [1.54, 1.807) is 23.7 Å². The molecular weight excluding hydrogens is 306 g/mol. The average Bonchev–Trinajstić information content (AvgIpc) is 2.83. The Bertz CT molecular complexity index is 770. The molecule has 1 heterocycles. The standard InChI is InChI=1S/C19H19NO2S/c1-13-5-3-4-6-15(13)11-23-12-18(21)14-7-8-17-16(9-14)10-19(22)20(17)2/h3-9H,10-12H2,1-2H3. The van der Waals surface area contributed by atoms with Crippen LogP contribution in [0.3, 0.4) is 0 Å². The van der Waals surface area contributed by atoms with E-state index in [2.05, 4.69) is 19.1 Å². The fourth-order valence-electron chi connectivity index (χ4n) is 2.75. The predicted octanol–water partition coefficient (Wildman–Crippen LogP) is 3.63. The van der Waals surface area contributed by atoms with Crippen LogP contribution in [-0.2, 0) is 17.0 Å². The number of amides is 1. The van der Waals surface area contributed by atoms with Gasteiger partial charge in [-0.2, -0.15) is 0 Å². The Kier molecular flexibility index (Phi) is 4.53. The summed E-state index contributed by atoms with van der Waals surface area (Å²) in [4.78, 5) is 25.7. The molecule has 3 rings (SSSR count). The van der Waals surface area contributed by atoms with E-state index < -0.39 is 0 Å². The van der Waals surface area contributed by atoms with Crippen LogP contribution in [0, 0.1) is 6.92 Å². The highest BCUT2D eigenvalue weighted by Gasteiger charge is 2.24. The van der Waals surface area contributed by atoms with Gasteiger partial charge >= 0.3 is 0 Å². The van der Waals surface area contributed by atoms with Crippen LogP contribution in [0.5, 0.6) is 0 Å². The van der Waals surface area contributed by atoms with E-state index in [1.165, 1.54) is 11.1 Å². The number of carbonyl (C=O) groups is 2. The molecule has 0 fully saturated rings. The smallest absolute Gasteiger partial charge is 0.231 e. The molecule has 0 saturated heterocycles. The lowest BCUT2D eigenvalue weighted by Gasteiger charge is -2.10. The summed E-state index contributed by atoms with van der Waals surface area (Å²) < 4.78 is 0. The fraction of sp³-hybridized carbons (Fsp3) is 0.263. The summed E-state index contributed by atoms with van der Waals surface area (Å²) in [6.07, 6.45) is 0.392. The van der Waals surface area contributed by atoms with Gasteiger partial charge < -0.3 is 4.90 Å². The third-order valence-corrected chi connectivity index (χ3v) is 5.21. The van der Waals surface area contributed by atoms with Crippen molar-refractivity contribution in [2.75, 3.05) is 17.7 Å². The molecule has 0 atom stereocenters. The van der Waals surface area contributed by atoms with Gasteiger partial charge in [-0.25, -0.2) is 0 Å². The number of ketones is 1. The van der Waals surface area contributed by atoms with Crippen molar-refractivity contribution in [2.24, 2.45) is 0 Å². The molecule has 0 aliphatic carbocycles. The van der Waals surface area contributed by atoms with Crippen LogP contribution in [0.2, 0.25) is 0 Å². The summed E-state index contributed by atoms with van der Waals surface area (Å²) in [5.41, 5.74) is 5.09. The second-order valence-electron chi connectivity index (χ2n) is 5.82. The second kappa shape index (κ2) is 6.59. The molecule has 3 nitrogen and oxygen atoms in total. The largest absolute Gasteiger partial charge is 0.315 e. The third-order valence-electron chi connectivity index (χ3n) is 4.23. The first-order valence-electron chi connectivity index (χ1n) is 7.61. The SMILES string of the molecule is Cc1ccccc1CSCC(=O)c1ccc2c(c1)CC(=O)N2C. The van der Waals surface area contributed by atoms with Crippen molar-refractivity contribution in [3.8, 4) is 0 Å². The van der Waals surface area contributed by atoms with E-state index in [0.717, 1.165) is 17.0 Å². The predicted molar refractivity (Wildman–Crippen MR) is 95.2 cm³/mol.